The summed E-state index contributed by atoms with van der Waals surface area (Å²) >= 11 is 0. The first-order valence-corrected chi connectivity index (χ1v) is 5.27. The zero-order chi connectivity index (χ0) is 11.4. The van der Waals surface area contributed by atoms with Crippen molar-refractivity contribution in [2.24, 2.45) is 0 Å². The van der Waals surface area contributed by atoms with Crippen LogP contribution in [0, 0.1) is 0 Å². The maximum Gasteiger partial charge on any atom is 0.245 e. The average molecular weight is 210 g/mol. The van der Waals surface area contributed by atoms with Crippen LogP contribution in [0.5, 0.6) is 0 Å². The van der Waals surface area contributed by atoms with Crippen molar-refractivity contribution in [2.45, 2.75) is 38.8 Å². The molecule has 4 nitrogen and oxygen atoms in total. The molecule has 0 aliphatic carbocycles. The second-order valence-corrected chi connectivity index (χ2v) is 3.94. The number of amides is 2. The highest BCUT2D eigenvalue weighted by Gasteiger charge is 2.28. The molecular weight excluding hydrogens is 192 g/mol. The second kappa shape index (κ2) is 4.96. The number of carbonyl (C=O) groups is 2. The lowest BCUT2D eigenvalue weighted by molar-refractivity contribution is -0.134. The summed E-state index contributed by atoms with van der Waals surface area (Å²) in [6, 6.07) is -0.294. The van der Waals surface area contributed by atoms with Gasteiger partial charge in [-0.15, -0.1) is 6.58 Å². The minimum absolute atomic E-state index is 0.00444. The Morgan fingerprint density at radius 2 is 2.33 bits per heavy atom. The van der Waals surface area contributed by atoms with E-state index in [0.29, 0.717) is 13.0 Å². The lowest BCUT2D eigenvalue weighted by Gasteiger charge is -2.28. The highest BCUT2D eigenvalue weighted by molar-refractivity contribution is 5.89. The van der Waals surface area contributed by atoms with Crippen molar-refractivity contribution in [3.8, 4) is 0 Å². The van der Waals surface area contributed by atoms with E-state index in [2.05, 4.69) is 11.9 Å². The van der Waals surface area contributed by atoms with Gasteiger partial charge < -0.3 is 10.2 Å². The van der Waals surface area contributed by atoms with E-state index in [9.17, 15) is 9.59 Å². The molecule has 0 bridgehead atoms. The van der Waals surface area contributed by atoms with Crippen molar-refractivity contribution >= 4 is 11.8 Å². The zero-order valence-electron chi connectivity index (χ0n) is 9.32. The molecular formula is C11H18N2O2. The van der Waals surface area contributed by atoms with E-state index in [-0.39, 0.29) is 17.9 Å². The molecule has 0 aromatic carbocycles. The lowest BCUT2D eigenvalue weighted by atomic mass is 10.1. The number of carbonyl (C=O) groups excluding carboxylic acids is 2. The molecule has 0 aromatic rings. The Labute approximate surface area is 90.3 Å². The van der Waals surface area contributed by atoms with Crippen LogP contribution in [0.3, 0.4) is 0 Å². The van der Waals surface area contributed by atoms with Gasteiger partial charge in [0.25, 0.3) is 0 Å². The Balaban J connectivity index is 2.74. The minimum Gasteiger partial charge on any atom is -0.345 e. The predicted octanol–water partition coefficient (Wildman–Crippen LogP) is 0.688. The van der Waals surface area contributed by atoms with E-state index >= 15 is 0 Å². The fourth-order valence-electron chi connectivity index (χ4n) is 1.76. The third-order valence-corrected chi connectivity index (χ3v) is 2.65. The third-order valence-electron chi connectivity index (χ3n) is 2.65. The van der Waals surface area contributed by atoms with Crippen LogP contribution in [-0.2, 0) is 9.59 Å². The van der Waals surface area contributed by atoms with Gasteiger partial charge in [-0.05, 0) is 20.3 Å². The number of rotatable bonds is 3. The molecule has 1 N–H and O–H groups in total. The Hall–Kier alpha value is -1.32. The van der Waals surface area contributed by atoms with E-state index in [4.69, 9.17) is 0 Å². The van der Waals surface area contributed by atoms with Crippen LogP contribution in [0.4, 0.5) is 0 Å². The summed E-state index contributed by atoms with van der Waals surface area (Å²) < 4.78 is 0. The second-order valence-electron chi connectivity index (χ2n) is 3.94. The Morgan fingerprint density at radius 1 is 1.67 bits per heavy atom. The summed E-state index contributed by atoms with van der Waals surface area (Å²) in [5.41, 5.74) is 0. The van der Waals surface area contributed by atoms with Crippen molar-refractivity contribution in [3.63, 3.8) is 0 Å². The molecule has 0 spiro atoms. The SMILES string of the molecule is C=CCC(C)N1CCC(=O)NC(C)C1=O. The maximum absolute atomic E-state index is 11.9. The van der Waals surface area contributed by atoms with Gasteiger partial charge in [-0.1, -0.05) is 6.08 Å². The molecule has 2 amide bonds. The lowest BCUT2D eigenvalue weighted by Crippen LogP contribution is -2.46. The highest BCUT2D eigenvalue weighted by atomic mass is 16.2. The number of nitrogens with zero attached hydrogens (tertiary/aromatic N) is 1. The molecule has 4 heteroatoms. The molecule has 1 aliphatic rings. The van der Waals surface area contributed by atoms with Crippen LogP contribution < -0.4 is 5.32 Å². The van der Waals surface area contributed by atoms with Gasteiger partial charge in [0.1, 0.15) is 6.04 Å². The van der Waals surface area contributed by atoms with Crippen LogP contribution in [0.1, 0.15) is 26.7 Å². The predicted molar refractivity (Wildman–Crippen MR) is 58.2 cm³/mol. The molecule has 1 aliphatic heterocycles. The molecule has 1 fully saturated rings. The van der Waals surface area contributed by atoms with Crippen LogP contribution in [-0.4, -0.2) is 35.3 Å². The minimum atomic E-state index is -0.410. The first-order valence-electron chi connectivity index (χ1n) is 5.27. The Kier molecular flexibility index (Phi) is 3.88. The molecule has 2 unspecified atom stereocenters. The summed E-state index contributed by atoms with van der Waals surface area (Å²) in [4.78, 5) is 24.9. The number of hydrogen-bond donors (Lipinski definition) is 1. The molecule has 0 saturated carbocycles. The Morgan fingerprint density at radius 3 is 2.93 bits per heavy atom. The quantitative estimate of drug-likeness (QED) is 0.697. The van der Waals surface area contributed by atoms with E-state index in [0.717, 1.165) is 6.42 Å². The maximum atomic E-state index is 11.9. The summed E-state index contributed by atoms with van der Waals surface area (Å²) in [6.07, 6.45) is 2.94. The van der Waals surface area contributed by atoms with Gasteiger partial charge >= 0.3 is 0 Å². The van der Waals surface area contributed by atoms with Gasteiger partial charge in [-0.25, -0.2) is 0 Å². The van der Waals surface area contributed by atoms with Crippen LogP contribution >= 0.6 is 0 Å². The normalized spacial score (nSPS) is 24.4. The van der Waals surface area contributed by atoms with E-state index in [1.165, 1.54) is 0 Å². The van der Waals surface area contributed by atoms with Crippen molar-refractivity contribution in [3.05, 3.63) is 12.7 Å². The first kappa shape index (κ1) is 11.8. The van der Waals surface area contributed by atoms with Gasteiger partial charge in [0.2, 0.25) is 11.8 Å². The molecule has 15 heavy (non-hydrogen) atoms. The summed E-state index contributed by atoms with van der Waals surface area (Å²) in [6.45, 7) is 7.86. The molecule has 1 heterocycles. The Bertz CT molecular complexity index is 276. The molecule has 1 rings (SSSR count). The fraction of sp³-hybridized carbons (Fsp3) is 0.636. The van der Waals surface area contributed by atoms with Crippen molar-refractivity contribution < 1.29 is 9.59 Å². The largest absolute Gasteiger partial charge is 0.345 e. The molecule has 0 radical (unpaired) electrons. The molecule has 84 valence electrons. The number of nitrogens with one attached hydrogen (secondary N) is 1. The van der Waals surface area contributed by atoms with E-state index in [1.54, 1.807) is 17.9 Å². The highest BCUT2D eigenvalue weighted by Crippen LogP contribution is 2.10. The smallest absolute Gasteiger partial charge is 0.245 e. The van der Waals surface area contributed by atoms with Crippen LogP contribution in [0.25, 0.3) is 0 Å². The van der Waals surface area contributed by atoms with Gasteiger partial charge in [0.05, 0.1) is 0 Å². The van der Waals surface area contributed by atoms with Gasteiger partial charge in [-0.3, -0.25) is 9.59 Å². The van der Waals surface area contributed by atoms with Gasteiger partial charge in [0.15, 0.2) is 0 Å². The van der Waals surface area contributed by atoms with Crippen molar-refractivity contribution in [1.29, 1.82) is 0 Å². The zero-order valence-corrected chi connectivity index (χ0v) is 9.32. The van der Waals surface area contributed by atoms with Gasteiger partial charge in [-0.2, -0.15) is 0 Å². The fourth-order valence-corrected chi connectivity index (χ4v) is 1.76. The third kappa shape index (κ3) is 2.81. The van der Waals surface area contributed by atoms with Crippen molar-refractivity contribution in [1.82, 2.24) is 10.2 Å². The standard InChI is InChI=1S/C11H18N2O2/c1-4-5-8(2)13-7-6-10(14)12-9(3)11(13)15/h4,8-9H,1,5-7H2,2-3H3,(H,12,14). The summed E-state index contributed by atoms with van der Waals surface area (Å²) in [5, 5.41) is 2.66. The van der Waals surface area contributed by atoms with Crippen LogP contribution in [0.2, 0.25) is 0 Å². The molecule has 2 atom stereocenters. The summed E-state index contributed by atoms with van der Waals surface area (Å²) in [5.74, 6) is -0.0562. The topological polar surface area (TPSA) is 49.4 Å². The van der Waals surface area contributed by atoms with Gasteiger partial charge in [0, 0.05) is 19.0 Å². The number of hydrogen-bond acceptors (Lipinski definition) is 2. The van der Waals surface area contributed by atoms with Crippen LogP contribution in [0.15, 0.2) is 12.7 Å². The molecule has 1 saturated heterocycles. The van der Waals surface area contributed by atoms with E-state index < -0.39 is 6.04 Å². The average Bonchev–Trinajstić information content (AvgIpc) is 2.28. The van der Waals surface area contributed by atoms with Crippen molar-refractivity contribution in [2.75, 3.05) is 6.54 Å². The van der Waals surface area contributed by atoms with E-state index in [1.807, 2.05) is 6.92 Å². The first-order chi connectivity index (χ1) is 7.06. The summed E-state index contributed by atoms with van der Waals surface area (Å²) in [7, 11) is 0. The molecule has 0 aromatic heterocycles. The monoisotopic (exact) mass is 210 g/mol.